The Bertz CT molecular complexity index is 2920. The highest BCUT2D eigenvalue weighted by Gasteiger charge is 2.19. The van der Waals surface area contributed by atoms with Gasteiger partial charge in [-0.2, -0.15) is 15.8 Å². The Kier molecular flexibility index (Phi) is 6.56. The van der Waals surface area contributed by atoms with Crippen molar-refractivity contribution in [3.05, 3.63) is 168 Å². The summed E-state index contributed by atoms with van der Waals surface area (Å²) in [6.07, 6.45) is 0. The van der Waals surface area contributed by atoms with E-state index in [-0.39, 0.29) is 0 Å². The Morgan fingerprint density at radius 2 is 1.02 bits per heavy atom. The predicted octanol–water partition coefficient (Wildman–Crippen LogP) is 10.8. The minimum absolute atomic E-state index is 0.563. The van der Waals surface area contributed by atoms with E-state index in [1.165, 1.54) is 0 Å². The van der Waals surface area contributed by atoms with Crippen LogP contribution < -0.4 is 0 Å². The maximum Gasteiger partial charge on any atom is 0.101 e. The Labute approximate surface area is 287 Å². The van der Waals surface area contributed by atoms with Gasteiger partial charge in [0, 0.05) is 27.1 Å². The molecule has 0 unspecified atom stereocenters. The largest absolute Gasteiger partial charge is 0.308 e. The average molecular weight is 636 g/mol. The minimum atomic E-state index is 0.563. The van der Waals surface area contributed by atoms with Gasteiger partial charge in [0.1, 0.15) is 12.1 Å². The first-order chi connectivity index (χ1) is 24.7. The number of nitrogens with zero attached hydrogens (tertiary/aromatic N) is 5. The number of benzene rings is 7. The fraction of sp³-hybridized carbons (Fsp3) is 0. The Morgan fingerprint density at radius 1 is 0.380 bits per heavy atom. The van der Waals surface area contributed by atoms with Crippen LogP contribution in [-0.2, 0) is 0 Å². The van der Waals surface area contributed by atoms with Crippen LogP contribution in [0.4, 0.5) is 0 Å². The standard InChI is InChI=1S/C45H25N5/c46-26-29-19-21-44-39(23-29)38-15-8-11-33(27-47)45(38)50(44)41-16-4-1-12-35(41)32-10-7-9-30(24-32)31-20-22-40(34(25-31)28-48)49-42-17-5-2-13-36(42)37-14-3-6-18-43(37)49/h1-25H. The summed E-state index contributed by atoms with van der Waals surface area (Å²) in [5, 5.41) is 34.4. The van der Waals surface area contributed by atoms with Gasteiger partial charge in [0.15, 0.2) is 0 Å². The van der Waals surface area contributed by atoms with Crippen LogP contribution >= 0.6 is 0 Å². The van der Waals surface area contributed by atoms with Gasteiger partial charge in [-0.1, -0.05) is 91.0 Å². The zero-order valence-corrected chi connectivity index (χ0v) is 26.7. The predicted molar refractivity (Wildman–Crippen MR) is 200 cm³/mol. The summed E-state index contributed by atoms with van der Waals surface area (Å²) >= 11 is 0. The van der Waals surface area contributed by atoms with Crippen LogP contribution in [0, 0.1) is 34.0 Å². The zero-order chi connectivity index (χ0) is 33.8. The highest BCUT2D eigenvalue weighted by atomic mass is 15.0. The van der Waals surface area contributed by atoms with Crippen molar-refractivity contribution < 1.29 is 0 Å². The summed E-state index contributed by atoms with van der Waals surface area (Å²) in [7, 11) is 0. The van der Waals surface area contributed by atoms with Gasteiger partial charge < -0.3 is 9.13 Å². The zero-order valence-electron chi connectivity index (χ0n) is 26.7. The molecule has 0 amide bonds. The normalized spacial score (nSPS) is 11.1. The second-order valence-corrected chi connectivity index (χ2v) is 12.3. The van der Waals surface area contributed by atoms with Gasteiger partial charge in [-0.3, -0.25) is 0 Å². The molecule has 5 nitrogen and oxygen atoms in total. The van der Waals surface area contributed by atoms with Crippen LogP contribution in [-0.4, -0.2) is 9.13 Å². The molecule has 0 bridgehead atoms. The first-order valence-electron chi connectivity index (χ1n) is 16.3. The minimum Gasteiger partial charge on any atom is -0.308 e. The van der Waals surface area contributed by atoms with E-state index in [0.29, 0.717) is 16.7 Å². The van der Waals surface area contributed by atoms with Gasteiger partial charge in [0.2, 0.25) is 0 Å². The monoisotopic (exact) mass is 635 g/mol. The molecule has 5 heteroatoms. The third-order valence-corrected chi connectivity index (χ3v) is 9.63. The molecule has 0 aliphatic rings. The van der Waals surface area contributed by atoms with Gasteiger partial charge >= 0.3 is 0 Å². The molecule has 0 aliphatic carbocycles. The summed E-state index contributed by atoms with van der Waals surface area (Å²) in [6.45, 7) is 0. The highest BCUT2D eigenvalue weighted by Crippen LogP contribution is 2.39. The third kappa shape index (κ3) is 4.31. The van der Waals surface area contributed by atoms with Crippen molar-refractivity contribution in [1.82, 2.24) is 9.13 Å². The van der Waals surface area contributed by atoms with E-state index >= 15 is 0 Å². The van der Waals surface area contributed by atoms with Crippen LogP contribution in [0.2, 0.25) is 0 Å². The topological polar surface area (TPSA) is 81.2 Å². The number of nitriles is 3. The summed E-state index contributed by atoms with van der Waals surface area (Å²) in [5.74, 6) is 0. The molecule has 0 radical (unpaired) electrons. The van der Waals surface area contributed by atoms with Crippen molar-refractivity contribution in [1.29, 1.82) is 15.8 Å². The van der Waals surface area contributed by atoms with Crippen LogP contribution in [0.3, 0.4) is 0 Å². The molecule has 0 fully saturated rings. The van der Waals surface area contributed by atoms with Gasteiger partial charge in [0.25, 0.3) is 0 Å². The molecule has 9 aromatic rings. The Morgan fingerprint density at radius 3 is 1.78 bits per heavy atom. The molecule has 230 valence electrons. The van der Waals surface area contributed by atoms with Crippen LogP contribution in [0.25, 0.3) is 77.2 Å². The smallest absolute Gasteiger partial charge is 0.101 e. The molecule has 0 N–H and O–H groups in total. The van der Waals surface area contributed by atoms with Gasteiger partial charge in [-0.05, 0) is 77.4 Å². The number of rotatable bonds is 4. The molecule has 50 heavy (non-hydrogen) atoms. The van der Waals surface area contributed by atoms with E-state index in [1.807, 2.05) is 91.0 Å². The lowest BCUT2D eigenvalue weighted by Gasteiger charge is -2.16. The molecule has 0 atom stereocenters. The molecule has 0 saturated heterocycles. The molecule has 2 heterocycles. The summed E-state index contributed by atoms with van der Waals surface area (Å²) < 4.78 is 4.32. The lowest BCUT2D eigenvalue weighted by atomic mass is 9.96. The van der Waals surface area contributed by atoms with Crippen molar-refractivity contribution in [3.63, 3.8) is 0 Å². The van der Waals surface area contributed by atoms with Gasteiger partial charge in [-0.25, -0.2) is 0 Å². The van der Waals surface area contributed by atoms with Gasteiger partial charge in [0.05, 0.1) is 56.2 Å². The van der Waals surface area contributed by atoms with Gasteiger partial charge in [-0.15, -0.1) is 0 Å². The maximum absolute atomic E-state index is 10.4. The summed E-state index contributed by atoms with van der Waals surface area (Å²) in [6, 6.07) is 57.8. The van der Waals surface area contributed by atoms with Crippen LogP contribution in [0.15, 0.2) is 152 Å². The quantitative estimate of drug-likeness (QED) is 0.193. The lowest BCUT2D eigenvalue weighted by molar-refractivity contribution is 1.17. The summed E-state index contributed by atoms with van der Waals surface area (Å²) in [5.41, 5.74) is 11.3. The molecule has 2 aromatic heterocycles. The average Bonchev–Trinajstić information content (AvgIpc) is 3.70. The molecule has 0 saturated carbocycles. The van der Waals surface area contributed by atoms with E-state index in [9.17, 15) is 15.8 Å². The SMILES string of the molecule is N#Cc1ccc2c(c1)c1cccc(C#N)c1n2-c1ccccc1-c1cccc(-c2ccc(-n3c4ccccc4c4ccccc43)c(C#N)c2)c1. The molecule has 0 aliphatic heterocycles. The highest BCUT2D eigenvalue weighted by molar-refractivity contribution is 6.12. The number of fused-ring (bicyclic) bond motifs is 6. The maximum atomic E-state index is 10.4. The molecule has 7 aromatic carbocycles. The van der Waals surface area contributed by atoms with E-state index in [1.54, 1.807) is 0 Å². The molecular formula is C45H25N5. The second kappa shape index (κ2) is 11.4. The number of aromatic nitrogens is 2. The second-order valence-electron chi connectivity index (χ2n) is 12.3. The number of hydrogen-bond donors (Lipinski definition) is 0. The van der Waals surface area contributed by atoms with Crippen LogP contribution in [0.5, 0.6) is 0 Å². The first kappa shape index (κ1) is 28.8. The van der Waals surface area contributed by atoms with Crippen molar-refractivity contribution in [2.45, 2.75) is 0 Å². The summed E-state index contributed by atoms with van der Waals surface area (Å²) in [4.78, 5) is 0. The van der Waals surface area contributed by atoms with Crippen molar-refractivity contribution >= 4 is 43.6 Å². The Hall–Kier alpha value is -7.39. The van der Waals surface area contributed by atoms with E-state index in [2.05, 4.69) is 88.0 Å². The fourth-order valence-electron chi connectivity index (χ4n) is 7.44. The van der Waals surface area contributed by atoms with E-state index in [4.69, 9.17) is 0 Å². The lowest BCUT2D eigenvalue weighted by Crippen LogP contribution is -1.99. The van der Waals surface area contributed by atoms with Crippen molar-refractivity contribution in [3.8, 4) is 51.8 Å². The molecular weight excluding hydrogens is 611 g/mol. The number of hydrogen-bond acceptors (Lipinski definition) is 3. The third-order valence-electron chi connectivity index (χ3n) is 9.63. The van der Waals surface area contributed by atoms with Crippen molar-refractivity contribution in [2.75, 3.05) is 0 Å². The molecule has 0 spiro atoms. The molecule has 9 rings (SSSR count). The fourth-order valence-corrected chi connectivity index (χ4v) is 7.44. The van der Waals surface area contributed by atoms with E-state index in [0.717, 1.165) is 77.2 Å². The number of para-hydroxylation sites is 4. The van der Waals surface area contributed by atoms with Crippen molar-refractivity contribution in [2.24, 2.45) is 0 Å². The van der Waals surface area contributed by atoms with E-state index < -0.39 is 0 Å². The van der Waals surface area contributed by atoms with Crippen LogP contribution in [0.1, 0.15) is 16.7 Å². The Balaban J connectivity index is 1.20. The first-order valence-corrected chi connectivity index (χ1v) is 16.3.